The van der Waals surface area contributed by atoms with Crippen molar-refractivity contribution in [2.75, 3.05) is 13.2 Å². The molecule has 2 N–H and O–H groups in total. The zero-order valence-corrected chi connectivity index (χ0v) is 16.0. The average Bonchev–Trinajstić information content (AvgIpc) is 2.56. The van der Waals surface area contributed by atoms with Crippen LogP contribution in [0.2, 0.25) is 0 Å². The molecular formula is C19H33NO5. The molecule has 0 aromatic carbocycles. The molecule has 1 amide bonds. The van der Waals surface area contributed by atoms with E-state index in [-0.39, 0.29) is 17.4 Å². The van der Waals surface area contributed by atoms with Gasteiger partial charge in [0.25, 0.3) is 0 Å². The number of unbranched alkanes of at least 4 members (excludes halogenated alkanes) is 2. The van der Waals surface area contributed by atoms with Gasteiger partial charge in [-0.25, -0.2) is 9.59 Å². The molecule has 0 aromatic heterocycles. The lowest BCUT2D eigenvalue weighted by Gasteiger charge is -2.01. The van der Waals surface area contributed by atoms with Crippen molar-refractivity contribution >= 4 is 17.8 Å². The minimum Gasteiger partial charge on any atom is -0.478 e. The van der Waals surface area contributed by atoms with Gasteiger partial charge >= 0.3 is 11.9 Å². The highest BCUT2D eigenvalue weighted by molar-refractivity contribution is 5.87. The molecule has 6 heteroatoms. The van der Waals surface area contributed by atoms with Crippen LogP contribution in [0.1, 0.15) is 53.4 Å². The number of carbonyl (C=O) groups is 3. The van der Waals surface area contributed by atoms with E-state index >= 15 is 0 Å². The zero-order valence-electron chi connectivity index (χ0n) is 16.0. The van der Waals surface area contributed by atoms with Crippen LogP contribution in [0.15, 0.2) is 37.0 Å². The van der Waals surface area contributed by atoms with Crippen LogP contribution in [0.25, 0.3) is 0 Å². The highest BCUT2D eigenvalue weighted by Crippen LogP contribution is 1.94. The maximum Gasteiger partial charge on any atom is 0.333 e. The van der Waals surface area contributed by atoms with Gasteiger partial charge in [0.2, 0.25) is 5.91 Å². The molecule has 6 nitrogen and oxygen atoms in total. The summed E-state index contributed by atoms with van der Waals surface area (Å²) < 4.78 is 4.81. The van der Waals surface area contributed by atoms with E-state index in [4.69, 9.17) is 9.84 Å². The number of nitrogens with one attached hydrogen (secondary N) is 1. The summed E-state index contributed by atoms with van der Waals surface area (Å²) in [5.41, 5.74) is 0.645. The van der Waals surface area contributed by atoms with Gasteiger partial charge in [0.1, 0.15) is 0 Å². The maximum absolute atomic E-state index is 10.7. The highest BCUT2D eigenvalue weighted by Gasteiger charge is 2.00. The quantitative estimate of drug-likeness (QED) is 0.374. The number of rotatable bonds is 9. The number of ether oxygens (including phenoxy) is 1. The number of amides is 1. The molecule has 0 aliphatic carbocycles. The number of carbonyl (C=O) groups excluding carboxylic acids is 2. The summed E-state index contributed by atoms with van der Waals surface area (Å²) in [6.07, 6.45) is 5.41. The van der Waals surface area contributed by atoms with Crippen molar-refractivity contribution in [1.82, 2.24) is 5.32 Å². The Balaban J connectivity index is -0.000000300. The van der Waals surface area contributed by atoms with Gasteiger partial charge < -0.3 is 15.2 Å². The van der Waals surface area contributed by atoms with Gasteiger partial charge in [-0.1, -0.05) is 46.4 Å². The summed E-state index contributed by atoms with van der Waals surface area (Å²) >= 11 is 0. The molecule has 0 radical (unpaired) electrons. The van der Waals surface area contributed by atoms with Gasteiger partial charge in [0.15, 0.2) is 0 Å². The largest absolute Gasteiger partial charge is 0.478 e. The van der Waals surface area contributed by atoms with E-state index < -0.39 is 5.97 Å². The first-order chi connectivity index (χ1) is 11.6. The Morgan fingerprint density at radius 3 is 1.84 bits per heavy atom. The molecule has 0 bridgehead atoms. The van der Waals surface area contributed by atoms with E-state index in [1.807, 2.05) is 0 Å². The summed E-state index contributed by atoms with van der Waals surface area (Å²) in [4.78, 5) is 30.8. The molecule has 0 spiro atoms. The van der Waals surface area contributed by atoms with Gasteiger partial charge in [-0.05, 0) is 32.8 Å². The third-order valence-corrected chi connectivity index (χ3v) is 2.46. The van der Waals surface area contributed by atoms with Crippen molar-refractivity contribution in [2.45, 2.75) is 53.4 Å². The van der Waals surface area contributed by atoms with E-state index in [2.05, 4.69) is 38.9 Å². The molecule has 0 atom stereocenters. The minimum absolute atomic E-state index is 0.0801. The van der Waals surface area contributed by atoms with Gasteiger partial charge in [-0.2, -0.15) is 0 Å². The fourth-order valence-electron chi connectivity index (χ4n) is 0.893. The van der Waals surface area contributed by atoms with Crippen LogP contribution in [0.4, 0.5) is 0 Å². The molecule has 0 unspecified atom stereocenters. The predicted octanol–water partition coefficient (Wildman–Crippen LogP) is 3.64. The van der Waals surface area contributed by atoms with E-state index in [1.54, 1.807) is 6.92 Å². The fraction of sp³-hybridized carbons (Fsp3) is 0.526. The molecule has 0 aliphatic rings. The summed E-state index contributed by atoms with van der Waals surface area (Å²) in [5, 5.41) is 10.6. The molecule has 0 rings (SSSR count). The second-order valence-electron chi connectivity index (χ2n) is 5.20. The van der Waals surface area contributed by atoms with Crippen LogP contribution in [-0.2, 0) is 19.1 Å². The standard InChI is InChI=1S/C8H14O2.C7H13NO.C4H6O2/c1-4-5-6-10-8(9)7(2)3;1-3-5-6-8-7(9)4-2;1-3(2)4(5)6/h2,4-6H2,1,3H3;4H,2-3,5-6H2,1H3,(H,8,9);1H2,2H3,(H,5,6). The number of hydrogen-bond acceptors (Lipinski definition) is 4. The predicted molar refractivity (Wildman–Crippen MR) is 101 cm³/mol. The smallest absolute Gasteiger partial charge is 0.333 e. The molecule has 0 saturated carbocycles. The molecule has 0 heterocycles. The fourth-order valence-corrected chi connectivity index (χ4v) is 0.893. The normalized spacial score (nSPS) is 8.48. The van der Waals surface area contributed by atoms with Crippen molar-refractivity contribution in [3.63, 3.8) is 0 Å². The number of carboxylic acids is 1. The molecular weight excluding hydrogens is 322 g/mol. The number of carboxylic acid groups (broad SMARTS) is 1. The first-order valence-corrected chi connectivity index (χ1v) is 8.25. The summed E-state index contributed by atoms with van der Waals surface area (Å²) in [6, 6.07) is 0. The van der Waals surface area contributed by atoms with E-state index in [1.165, 1.54) is 13.0 Å². The van der Waals surface area contributed by atoms with Gasteiger partial charge in [0, 0.05) is 17.7 Å². The number of esters is 1. The third kappa shape index (κ3) is 26.8. The van der Waals surface area contributed by atoms with E-state index in [9.17, 15) is 14.4 Å². The van der Waals surface area contributed by atoms with Gasteiger partial charge in [0.05, 0.1) is 6.61 Å². The molecule has 0 saturated heterocycles. The van der Waals surface area contributed by atoms with Crippen LogP contribution in [-0.4, -0.2) is 36.1 Å². The van der Waals surface area contributed by atoms with E-state index in [0.717, 1.165) is 32.2 Å². The summed E-state index contributed by atoms with van der Waals surface area (Å²) in [5.74, 6) is -1.30. The van der Waals surface area contributed by atoms with Crippen LogP contribution < -0.4 is 5.32 Å². The Hall–Kier alpha value is -2.37. The number of hydrogen-bond donors (Lipinski definition) is 2. The van der Waals surface area contributed by atoms with Crippen LogP contribution >= 0.6 is 0 Å². The van der Waals surface area contributed by atoms with Crippen LogP contribution in [0.5, 0.6) is 0 Å². The van der Waals surface area contributed by atoms with Crippen molar-refractivity contribution < 1.29 is 24.2 Å². The minimum atomic E-state index is -0.935. The monoisotopic (exact) mass is 355 g/mol. The first kappa shape index (κ1) is 27.5. The lowest BCUT2D eigenvalue weighted by molar-refractivity contribution is -0.139. The van der Waals surface area contributed by atoms with Crippen molar-refractivity contribution in [1.29, 1.82) is 0 Å². The van der Waals surface area contributed by atoms with Gasteiger partial charge in [-0.3, -0.25) is 4.79 Å². The van der Waals surface area contributed by atoms with Crippen LogP contribution in [0, 0.1) is 0 Å². The van der Waals surface area contributed by atoms with Crippen molar-refractivity contribution in [2.24, 2.45) is 0 Å². The second kappa shape index (κ2) is 19.7. The Morgan fingerprint density at radius 1 is 1.04 bits per heavy atom. The zero-order chi connectivity index (χ0) is 20.3. The van der Waals surface area contributed by atoms with Crippen molar-refractivity contribution in [3.8, 4) is 0 Å². The Morgan fingerprint density at radius 2 is 1.52 bits per heavy atom. The van der Waals surface area contributed by atoms with Crippen molar-refractivity contribution in [3.05, 3.63) is 37.0 Å². The Bertz CT molecular complexity index is 429. The molecule has 0 aromatic rings. The first-order valence-electron chi connectivity index (χ1n) is 8.25. The molecule has 144 valence electrons. The average molecular weight is 355 g/mol. The van der Waals surface area contributed by atoms with E-state index in [0.29, 0.717) is 12.2 Å². The Kier molecular flexibility index (Phi) is 21.6. The summed E-state index contributed by atoms with van der Waals surface area (Å²) in [6.45, 7) is 18.5. The third-order valence-electron chi connectivity index (χ3n) is 2.46. The molecule has 25 heavy (non-hydrogen) atoms. The van der Waals surface area contributed by atoms with Gasteiger partial charge in [-0.15, -0.1) is 0 Å². The highest BCUT2D eigenvalue weighted by atomic mass is 16.5. The molecule has 0 fully saturated rings. The molecule has 0 aliphatic heterocycles. The maximum atomic E-state index is 10.7. The lowest BCUT2D eigenvalue weighted by atomic mass is 10.3. The number of aliphatic carboxylic acids is 1. The second-order valence-corrected chi connectivity index (χ2v) is 5.20. The summed E-state index contributed by atoms with van der Waals surface area (Å²) in [7, 11) is 0. The lowest BCUT2D eigenvalue weighted by Crippen LogP contribution is -2.21. The Labute approximate surface area is 151 Å². The van der Waals surface area contributed by atoms with Crippen LogP contribution in [0.3, 0.4) is 0 Å². The topological polar surface area (TPSA) is 92.7 Å². The SMILES string of the molecule is C=C(C)C(=O)O.C=C(C)C(=O)OCCCC.C=CC(=O)NCCCC.